The number of hydrogen-bond acceptors (Lipinski definition) is 3. The lowest BCUT2D eigenvalue weighted by molar-refractivity contribution is -0.206. The highest BCUT2D eigenvalue weighted by Crippen LogP contribution is 2.58. The molecule has 21 heavy (non-hydrogen) atoms. The summed E-state index contributed by atoms with van der Waals surface area (Å²) in [7, 11) is 0. The van der Waals surface area contributed by atoms with Gasteiger partial charge in [0.25, 0.3) is 0 Å². The van der Waals surface area contributed by atoms with E-state index in [-0.39, 0.29) is 24.9 Å². The number of alkyl halides is 4. The molecule has 2 fully saturated rings. The molecular weight excluding hydrogens is 312 g/mol. The summed E-state index contributed by atoms with van der Waals surface area (Å²) in [5.74, 6) is -6.96. The van der Waals surface area contributed by atoms with Gasteiger partial charge in [-0.2, -0.15) is 17.6 Å². The minimum atomic E-state index is -5.03. The largest absolute Gasteiger partial charge is 0.768 e. The molecule has 0 aromatic rings. The maximum Gasteiger partial charge on any atom is 0.371 e. The summed E-state index contributed by atoms with van der Waals surface area (Å²) in [5.41, 5.74) is -0.423. The monoisotopic (exact) mass is 331 g/mol. The second-order valence-corrected chi connectivity index (χ2v) is 7.96. The summed E-state index contributed by atoms with van der Waals surface area (Å²) >= 11 is -4.13. The van der Waals surface area contributed by atoms with E-state index in [1.807, 2.05) is 20.8 Å². The van der Waals surface area contributed by atoms with Gasteiger partial charge in [-0.25, -0.2) is 0 Å². The topological polar surface area (TPSA) is 49.4 Å². The number of fused-ring (bicyclic) bond motifs is 2. The van der Waals surface area contributed by atoms with Crippen LogP contribution in [0.1, 0.15) is 40.0 Å². The molecule has 0 heterocycles. The fraction of sp³-hybridized carbons (Fsp3) is 1.00. The van der Waals surface area contributed by atoms with E-state index < -0.39 is 39.7 Å². The maximum atomic E-state index is 13.9. The molecule has 2 aliphatic rings. The van der Waals surface area contributed by atoms with Gasteiger partial charge in [0, 0.05) is 17.0 Å². The molecule has 5 atom stereocenters. The van der Waals surface area contributed by atoms with Crippen molar-refractivity contribution in [1.82, 2.24) is 0 Å². The van der Waals surface area contributed by atoms with E-state index in [0.29, 0.717) is 6.42 Å². The van der Waals surface area contributed by atoms with Gasteiger partial charge in [-0.3, -0.25) is 4.21 Å². The number of halogens is 4. The van der Waals surface area contributed by atoms with Crippen LogP contribution in [0.3, 0.4) is 0 Å². The lowest BCUT2D eigenvalue weighted by Crippen LogP contribution is -2.51. The van der Waals surface area contributed by atoms with Crippen LogP contribution in [-0.4, -0.2) is 31.6 Å². The van der Waals surface area contributed by atoms with Gasteiger partial charge < -0.3 is 9.29 Å². The summed E-state index contributed by atoms with van der Waals surface area (Å²) in [4.78, 5) is 0. The molecule has 0 amide bonds. The average Bonchev–Trinajstić information content (AvgIpc) is 2.85. The van der Waals surface area contributed by atoms with Gasteiger partial charge in [-0.05, 0) is 51.9 Å². The molecule has 0 radical (unpaired) electrons. The highest BCUT2D eigenvalue weighted by molar-refractivity contribution is 7.80. The Bertz CT molecular complexity index is 436. The second kappa shape index (κ2) is 5.16. The molecule has 0 spiro atoms. The Morgan fingerprint density at radius 1 is 1.05 bits per heavy atom. The minimum Gasteiger partial charge on any atom is -0.768 e. The van der Waals surface area contributed by atoms with Gasteiger partial charge in [0.15, 0.2) is 0 Å². The second-order valence-electron chi connectivity index (χ2n) is 6.98. The van der Waals surface area contributed by atoms with Gasteiger partial charge in [-0.15, -0.1) is 0 Å². The first-order valence-corrected chi connectivity index (χ1v) is 7.96. The van der Waals surface area contributed by atoms with Gasteiger partial charge >= 0.3 is 11.2 Å². The molecule has 2 bridgehead atoms. The van der Waals surface area contributed by atoms with Crippen LogP contribution in [0.15, 0.2) is 0 Å². The molecule has 5 unspecified atom stereocenters. The minimum absolute atomic E-state index is 0.120. The van der Waals surface area contributed by atoms with E-state index in [4.69, 9.17) is 4.74 Å². The van der Waals surface area contributed by atoms with Crippen LogP contribution in [-0.2, 0) is 15.8 Å². The van der Waals surface area contributed by atoms with Crippen LogP contribution in [0.4, 0.5) is 17.6 Å². The van der Waals surface area contributed by atoms with Crippen molar-refractivity contribution in [3.8, 4) is 0 Å². The molecule has 8 heteroatoms. The summed E-state index contributed by atoms with van der Waals surface area (Å²) in [6, 6.07) is 0. The Kier molecular flexibility index (Phi) is 4.22. The molecule has 0 aliphatic heterocycles. The third-order valence-electron chi connectivity index (χ3n) is 4.36. The molecule has 2 aliphatic carbocycles. The Morgan fingerprint density at radius 3 is 2.00 bits per heavy atom. The van der Waals surface area contributed by atoms with Crippen molar-refractivity contribution in [1.29, 1.82) is 0 Å². The van der Waals surface area contributed by atoms with Crippen molar-refractivity contribution in [3.63, 3.8) is 0 Å². The first-order chi connectivity index (χ1) is 9.36. The zero-order valence-electron chi connectivity index (χ0n) is 12.1. The number of ether oxygens (including phenoxy) is 1. The van der Waals surface area contributed by atoms with E-state index in [9.17, 15) is 26.3 Å². The summed E-state index contributed by atoms with van der Waals surface area (Å²) in [5, 5.41) is -5.03. The van der Waals surface area contributed by atoms with Crippen LogP contribution >= 0.6 is 0 Å². The fourth-order valence-electron chi connectivity index (χ4n) is 3.59. The quantitative estimate of drug-likeness (QED) is 0.586. The first-order valence-electron chi connectivity index (χ1n) is 6.89. The molecule has 2 rings (SSSR count). The highest BCUT2D eigenvalue weighted by atomic mass is 32.2. The predicted octanol–water partition coefficient (Wildman–Crippen LogP) is 3.32. The lowest BCUT2D eigenvalue weighted by Gasteiger charge is -2.38. The van der Waals surface area contributed by atoms with Crippen molar-refractivity contribution in [3.05, 3.63) is 0 Å². The molecule has 2 saturated carbocycles. The standard InChI is InChI=1S/C13H20F4O3S/c1-11(2,3)20-10-6-7-4-8(10)5-9(7)12(14,15)13(16,17)21(18)19/h7-10H,4-6H2,1-3H3,(H,18,19)/p-1. The Hall–Kier alpha value is -0.210. The van der Waals surface area contributed by atoms with Crippen LogP contribution in [0.25, 0.3) is 0 Å². The molecular formula is C13H19F4O3S-. The number of hydrogen-bond donors (Lipinski definition) is 0. The third kappa shape index (κ3) is 2.99. The molecule has 3 nitrogen and oxygen atoms in total. The Labute approximate surface area is 123 Å². The lowest BCUT2D eigenvalue weighted by atomic mass is 9.82. The van der Waals surface area contributed by atoms with Crippen molar-refractivity contribution < 1.29 is 31.1 Å². The van der Waals surface area contributed by atoms with Crippen LogP contribution in [0.2, 0.25) is 0 Å². The molecule has 0 aromatic heterocycles. The van der Waals surface area contributed by atoms with Crippen LogP contribution in [0, 0.1) is 17.8 Å². The van der Waals surface area contributed by atoms with Crippen molar-refractivity contribution in [2.75, 3.05) is 0 Å². The Balaban J connectivity index is 2.10. The third-order valence-corrected chi connectivity index (χ3v) is 5.05. The molecule has 0 N–H and O–H groups in total. The average molecular weight is 331 g/mol. The fourth-order valence-corrected chi connectivity index (χ4v) is 3.97. The number of rotatable bonds is 4. The molecule has 0 saturated heterocycles. The van der Waals surface area contributed by atoms with E-state index in [1.165, 1.54) is 0 Å². The SMILES string of the molecule is CC(C)(C)OC1CC2CC1CC2C(F)(F)C(F)(F)S(=O)[O-]. The predicted molar refractivity (Wildman–Crippen MR) is 67.8 cm³/mol. The molecule has 124 valence electrons. The van der Waals surface area contributed by atoms with Crippen molar-refractivity contribution in [2.45, 2.75) is 62.9 Å². The van der Waals surface area contributed by atoms with Gasteiger partial charge in [0.1, 0.15) is 0 Å². The van der Waals surface area contributed by atoms with Gasteiger partial charge in [0.2, 0.25) is 0 Å². The van der Waals surface area contributed by atoms with E-state index >= 15 is 0 Å². The smallest absolute Gasteiger partial charge is 0.371 e. The first kappa shape index (κ1) is 17.1. The van der Waals surface area contributed by atoms with Gasteiger partial charge in [0.05, 0.1) is 11.7 Å². The maximum absolute atomic E-state index is 13.9. The zero-order valence-corrected chi connectivity index (χ0v) is 12.9. The summed E-state index contributed by atoms with van der Waals surface area (Å²) in [6.07, 6.45) is 0.339. The van der Waals surface area contributed by atoms with Crippen molar-refractivity contribution >= 4 is 11.1 Å². The van der Waals surface area contributed by atoms with Crippen LogP contribution in [0.5, 0.6) is 0 Å². The van der Waals surface area contributed by atoms with E-state index in [0.717, 1.165) is 0 Å². The highest BCUT2D eigenvalue weighted by Gasteiger charge is 2.67. The summed E-state index contributed by atoms with van der Waals surface area (Å²) < 4.78 is 81.0. The van der Waals surface area contributed by atoms with Crippen LogP contribution < -0.4 is 0 Å². The normalized spacial score (nSPS) is 35.2. The van der Waals surface area contributed by atoms with Crippen molar-refractivity contribution in [2.24, 2.45) is 17.8 Å². The Morgan fingerprint density at radius 2 is 1.62 bits per heavy atom. The summed E-state index contributed by atoms with van der Waals surface area (Å²) in [6.45, 7) is 5.54. The van der Waals surface area contributed by atoms with E-state index in [2.05, 4.69) is 0 Å². The van der Waals surface area contributed by atoms with Gasteiger partial charge in [-0.1, -0.05) is 0 Å². The zero-order chi connectivity index (χ0) is 16.2. The molecule has 0 aromatic carbocycles. The van der Waals surface area contributed by atoms with E-state index in [1.54, 1.807) is 0 Å².